The second-order valence-electron chi connectivity index (χ2n) is 4.68. The highest BCUT2D eigenvalue weighted by atomic mass is 35.5. The van der Waals surface area contributed by atoms with Crippen molar-refractivity contribution in [3.8, 4) is 28.4 Å². The molecule has 2 N–H and O–H groups in total. The topological polar surface area (TPSA) is 97.0 Å². The zero-order valence-corrected chi connectivity index (χ0v) is 12.2. The van der Waals surface area contributed by atoms with Crippen LogP contribution < -0.4 is 10.2 Å². The number of phenols is 2. The molecule has 0 saturated carbocycles. The Labute approximate surface area is 134 Å². The zero-order chi connectivity index (χ0) is 16.6. The number of ether oxygens (including phenoxy) is 1. The molecule has 3 rings (SSSR count). The summed E-state index contributed by atoms with van der Waals surface area (Å²) in [4.78, 5) is 23.7. The lowest BCUT2D eigenvalue weighted by Crippen LogP contribution is -2.08. The van der Waals surface area contributed by atoms with Gasteiger partial charge in [-0.1, -0.05) is 12.1 Å². The largest absolute Gasteiger partial charge is 0.508 e. The number of rotatable bonds is 2. The molecule has 0 atom stereocenters. The number of halogens is 1. The Morgan fingerprint density at radius 3 is 2.43 bits per heavy atom. The van der Waals surface area contributed by atoms with Crippen molar-refractivity contribution < 1.29 is 24.2 Å². The van der Waals surface area contributed by atoms with Crippen molar-refractivity contribution in [2.75, 3.05) is 0 Å². The van der Waals surface area contributed by atoms with Crippen molar-refractivity contribution in [3.05, 3.63) is 52.9 Å². The van der Waals surface area contributed by atoms with Crippen LogP contribution >= 0.6 is 11.6 Å². The lowest BCUT2D eigenvalue weighted by molar-refractivity contribution is 0.226. The molecule has 3 aromatic rings. The number of carbonyl (C=O) groups excluding carboxylic acids is 1. The molecule has 6 nitrogen and oxygen atoms in total. The Morgan fingerprint density at radius 2 is 1.78 bits per heavy atom. The molecular weight excluding hydrogens is 324 g/mol. The van der Waals surface area contributed by atoms with Gasteiger partial charge in [-0.3, -0.25) is 4.79 Å². The third-order valence-corrected chi connectivity index (χ3v) is 3.27. The molecule has 0 amide bonds. The minimum atomic E-state index is -1.15. The van der Waals surface area contributed by atoms with Gasteiger partial charge in [0.15, 0.2) is 5.75 Å². The Bertz CT molecular complexity index is 959. The maximum absolute atomic E-state index is 12.7. The van der Waals surface area contributed by atoms with Gasteiger partial charge in [-0.2, -0.15) is 0 Å². The molecule has 0 saturated heterocycles. The average molecular weight is 333 g/mol. The van der Waals surface area contributed by atoms with Gasteiger partial charge < -0.3 is 19.4 Å². The Morgan fingerprint density at radius 1 is 1.09 bits per heavy atom. The molecule has 1 heterocycles. The van der Waals surface area contributed by atoms with Gasteiger partial charge in [0.1, 0.15) is 28.7 Å². The first kappa shape index (κ1) is 14.9. The number of hydrogen-bond acceptors (Lipinski definition) is 6. The summed E-state index contributed by atoms with van der Waals surface area (Å²) in [5, 5.41) is 18.9. The Balaban J connectivity index is 2.29. The molecule has 0 radical (unpaired) electrons. The third kappa shape index (κ3) is 2.84. The summed E-state index contributed by atoms with van der Waals surface area (Å²) in [5.74, 6) is -0.388. The fourth-order valence-corrected chi connectivity index (χ4v) is 2.29. The molecule has 0 aliphatic heterocycles. The molecule has 0 unspecified atom stereocenters. The number of phenolic OH excluding ortho intramolecular Hbond substituents is 2. The highest BCUT2D eigenvalue weighted by Gasteiger charge is 2.16. The highest BCUT2D eigenvalue weighted by molar-refractivity contribution is 6.61. The van der Waals surface area contributed by atoms with E-state index in [9.17, 15) is 19.8 Å². The molecule has 0 aliphatic carbocycles. The fraction of sp³-hybridized carbons (Fsp3) is 0. The fourth-order valence-electron chi connectivity index (χ4n) is 2.21. The molecule has 0 fully saturated rings. The van der Waals surface area contributed by atoms with E-state index >= 15 is 0 Å². The van der Waals surface area contributed by atoms with Crippen molar-refractivity contribution in [1.29, 1.82) is 0 Å². The van der Waals surface area contributed by atoms with E-state index in [1.165, 1.54) is 24.5 Å². The van der Waals surface area contributed by atoms with Gasteiger partial charge in [-0.15, -0.1) is 0 Å². The first-order chi connectivity index (χ1) is 11.0. The van der Waals surface area contributed by atoms with Crippen LogP contribution in [0.2, 0.25) is 0 Å². The Hall–Kier alpha value is -2.99. The van der Waals surface area contributed by atoms with Crippen LogP contribution in [0.15, 0.2) is 51.9 Å². The summed E-state index contributed by atoms with van der Waals surface area (Å²) in [6.45, 7) is 0. The predicted molar refractivity (Wildman–Crippen MR) is 83.1 cm³/mol. The van der Waals surface area contributed by atoms with Crippen LogP contribution in [0, 0.1) is 0 Å². The van der Waals surface area contributed by atoms with Crippen LogP contribution in [0.3, 0.4) is 0 Å². The van der Waals surface area contributed by atoms with E-state index in [1.807, 2.05) is 0 Å². The Kier molecular flexibility index (Phi) is 3.67. The maximum atomic E-state index is 12.7. The van der Waals surface area contributed by atoms with Crippen LogP contribution in [0.25, 0.3) is 22.1 Å². The van der Waals surface area contributed by atoms with Gasteiger partial charge in [0.25, 0.3) is 0 Å². The standard InChI is InChI=1S/C16H9ClO6/c17-16(21)23-13-6-10(19)5-12-14(13)15(20)11(7-22-12)8-1-3-9(18)4-2-8/h1-7,18-19H. The molecular formula is C16H9ClO6. The monoisotopic (exact) mass is 332 g/mol. The van der Waals surface area contributed by atoms with E-state index in [4.69, 9.17) is 20.8 Å². The minimum Gasteiger partial charge on any atom is -0.508 e. The molecule has 116 valence electrons. The van der Waals surface area contributed by atoms with Crippen LogP contribution in [-0.4, -0.2) is 15.6 Å². The van der Waals surface area contributed by atoms with Crippen molar-refractivity contribution in [2.45, 2.75) is 0 Å². The summed E-state index contributed by atoms with van der Waals surface area (Å²) in [5.41, 5.74) is -0.855. The lowest BCUT2D eigenvalue weighted by atomic mass is 10.0. The number of hydrogen-bond donors (Lipinski definition) is 2. The second kappa shape index (κ2) is 5.66. The summed E-state index contributed by atoms with van der Waals surface area (Å²) in [6.07, 6.45) is 1.22. The lowest BCUT2D eigenvalue weighted by Gasteiger charge is -2.07. The van der Waals surface area contributed by atoms with Gasteiger partial charge in [0, 0.05) is 23.7 Å². The molecule has 0 aliphatic rings. The molecule has 2 aromatic carbocycles. The van der Waals surface area contributed by atoms with E-state index in [1.54, 1.807) is 12.1 Å². The third-order valence-electron chi connectivity index (χ3n) is 3.19. The SMILES string of the molecule is O=C(Cl)Oc1cc(O)cc2occ(-c3ccc(O)cc3)c(=O)c12. The van der Waals surface area contributed by atoms with Crippen LogP contribution in [-0.2, 0) is 0 Å². The first-order valence-electron chi connectivity index (χ1n) is 6.41. The van der Waals surface area contributed by atoms with Gasteiger partial charge in [-0.25, -0.2) is 4.79 Å². The van der Waals surface area contributed by atoms with Crippen molar-refractivity contribution in [3.63, 3.8) is 0 Å². The summed E-state index contributed by atoms with van der Waals surface area (Å²) in [7, 11) is 0. The number of carbonyl (C=O) groups is 1. The minimum absolute atomic E-state index is 0.0256. The number of fused-ring (bicyclic) bond motifs is 1. The van der Waals surface area contributed by atoms with Crippen molar-refractivity contribution >= 4 is 28.0 Å². The second-order valence-corrected chi connectivity index (χ2v) is 4.99. The summed E-state index contributed by atoms with van der Waals surface area (Å²) >= 11 is 5.19. The van der Waals surface area contributed by atoms with E-state index in [0.717, 1.165) is 6.07 Å². The number of aromatic hydroxyl groups is 2. The molecule has 0 bridgehead atoms. The molecule has 1 aromatic heterocycles. The first-order valence-corrected chi connectivity index (χ1v) is 6.79. The van der Waals surface area contributed by atoms with Crippen molar-refractivity contribution in [2.24, 2.45) is 0 Å². The maximum Gasteiger partial charge on any atom is 0.409 e. The van der Waals surface area contributed by atoms with Gasteiger partial charge in [0.2, 0.25) is 5.43 Å². The number of benzene rings is 2. The molecule has 23 heavy (non-hydrogen) atoms. The van der Waals surface area contributed by atoms with Crippen LogP contribution in [0.5, 0.6) is 17.2 Å². The van der Waals surface area contributed by atoms with E-state index in [-0.39, 0.29) is 33.8 Å². The van der Waals surface area contributed by atoms with E-state index in [0.29, 0.717) is 5.56 Å². The quantitative estimate of drug-likeness (QED) is 0.696. The molecule has 0 spiro atoms. The van der Waals surface area contributed by atoms with Gasteiger partial charge in [0.05, 0.1) is 5.56 Å². The van der Waals surface area contributed by atoms with Crippen LogP contribution in [0.1, 0.15) is 0 Å². The smallest absolute Gasteiger partial charge is 0.409 e. The summed E-state index contributed by atoms with van der Waals surface area (Å²) in [6, 6.07) is 8.26. The van der Waals surface area contributed by atoms with E-state index in [2.05, 4.69) is 0 Å². The highest BCUT2D eigenvalue weighted by Crippen LogP contribution is 2.31. The van der Waals surface area contributed by atoms with Crippen molar-refractivity contribution in [1.82, 2.24) is 0 Å². The zero-order valence-electron chi connectivity index (χ0n) is 11.4. The van der Waals surface area contributed by atoms with Crippen LogP contribution in [0.4, 0.5) is 4.79 Å². The normalized spacial score (nSPS) is 10.7. The van der Waals surface area contributed by atoms with Gasteiger partial charge in [-0.05, 0) is 17.7 Å². The summed E-state index contributed by atoms with van der Waals surface area (Å²) < 4.78 is 10.1. The van der Waals surface area contributed by atoms with E-state index < -0.39 is 10.9 Å². The van der Waals surface area contributed by atoms with Gasteiger partial charge >= 0.3 is 5.43 Å². The predicted octanol–water partition coefficient (Wildman–Crippen LogP) is 3.61. The molecule has 7 heteroatoms. The average Bonchev–Trinajstić information content (AvgIpc) is 2.47.